The van der Waals surface area contributed by atoms with Gasteiger partial charge < -0.3 is 9.29 Å². The molecule has 1 rings (SSSR count). The van der Waals surface area contributed by atoms with Crippen LogP contribution in [0.4, 0.5) is 0 Å². The average molecular weight is 243 g/mol. The minimum absolute atomic E-state index is 0.0645. The first-order chi connectivity index (χ1) is 6.02. The van der Waals surface area contributed by atoms with Crippen LogP contribution in [0, 0.1) is 0 Å². The molecule has 0 saturated carbocycles. The number of hydrogen-bond acceptors (Lipinski definition) is 3. The van der Waals surface area contributed by atoms with Gasteiger partial charge in [0, 0.05) is 0 Å². The van der Waals surface area contributed by atoms with Crippen LogP contribution in [-0.2, 0) is 11.4 Å². The molecular weight excluding hydrogens is 239 g/mol. The number of phenolic OH excluding ortho intramolecular Hbond substituents is 1. The van der Waals surface area contributed by atoms with E-state index in [2.05, 4.69) is 4.18 Å². The van der Waals surface area contributed by atoms with Crippen molar-refractivity contribution in [1.29, 1.82) is 0 Å². The van der Waals surface area contributed by atoms with Gasteiger partial charge in [-0.3, -0.25) is 4.55 Å². The molecule has 0 bridgehead atoms. The zero-order chi connectivity index (χ0) is 10.0. The Bertz CT molecular complexity index is 355. The first kappa shape index (κ1) is 10.6. The van der Waals surface area contributed by atoms with Gasteiger partial charge in [0.25, 0.3) is 0 Å². The van der Waals surface area contributed by atoms with Gasteiger partial charge in [0.05, 0.1) is 0 Å². The van der Waals surface area contributed by atoms with Gasteiger partial charge >= 0.3 is 11.4 Å². The highest BCUT2D eigenvalue weighted by Gasteiger charge is 2.11. The molecule has 0 saturated heterocycles. The molecular formula is C6H4Cl2O4S. The summed E-state index contributed by atoms with van der Waals surface area (Å²) in [5, 5.41) is 8.82. The Morgan fingerprint density at radius 3 is 2.46 bits per heavy atom. The summed E-state index contributed by atoms with van der Waals surface area (Å²) in [7, 11) is 0. The van der Waals surface area contributed by atoms with Crippen LogP contribution >= 0.6 is 23.2 Å². The fourth-order valence-corrected chi connectivity index (χ4v) is 1.36. The monoisotopic (exact) mass is 242 g/mol. The Hall–Kier alpha value is -0.490. The zero-order valence-electron chi connectivity index (χ0n) is 6.03. The maximum atomic E-state index is 10.2. The van der Waals surface area contributed by atoms with Gasteiger partial charge in [-0.05, 0) is 12.1 Å². The molecule has 1 aromatic rings. The topological polar surface area (TPSA) is 66.8 Å². The maximum absolute atomic E-state index is 10.2. The van der Waals surface area contributed by atoms with Crippen LogP contribution in [0.1, 0.15) is 0 Å². The normalized spacial score (nSPS) is 12.5. The quantitative estimate of drug-likeness (QED) is 0.781. The highest BCUT2D eigenvalue weighted by atomic mass is 35.5. The molecule has 7 heteroatoms. The SMILES string of the molecule is O=S(O)Oc1ccc(O)c(Cl)c1Cl. The molecule has 0 radical (unpaired) electrons. The highest BCUT2D eigenvalue weighted by molar-refractivity contribution is 7.74. The molecule has 0 spiro atoms. The molecule has 4 nitrogen and oxygen atoms in total. The molecule has 1 aromatic carbocycles. The van der Waals surface area contributed by atoms with Crippen LogP contribution in [0.5, 0.6) is 11.5 Å². The minimum Gasteiger partial charge on any atom is -0.506 e. The highest BCUT2D eigenvalue weighted by Crippen LogP contribution is 2.38. The lowest BCUT2D eigenvalue weighted by Crippen LogP contribution is -1.97. The summed E-state index contributed by atoms with van der Waals surface area (Å²) < 4.78 is 23.0. The molecule has 72 valence electrons. The number of aromatic hydroxyl groups is 1. The molecule has 0 aliphatic carbocycles. The van der Waals surface area contributed by atoms with Crippen LogP contribution in [-0.4, -0.2) is 13.9 Å². The molecule has 0 aromatic heterocycles. The number of rotatable bonds is 2. The summed E-state index contributed by atoms with van der Waals surface area (Å²) in [6, 6.07) is 2.44. The van der Waals surface area contributed by atoms with Gasteiger partial charge in [-0.1, -0.05) is 23.2 Å². The van der Waals surface area contributed by atoms with Crippen molar-refractivity contribution in [3.8, 4) is 11.5 Å². The lowest BCUT2D eigenvalue weighted by molar-refractivity contribution is 0.454. The van der Waals surface area contributed by atoms with Gasteiger partial charge in [0.15, 0.2) is 5.75 Å². The second kappa shape index (κ2) is 4.15. The summed E-state index contributed by atoms with van der Waals surface area (Å²) in [4.78, 5) is 0. The molecule has 0 heterocycles. The van der Waals surface area contributed by atoms with E-state index in [1.165, 1.54) is 12.1 Å². The van der Waals surface area contributed by atoms with E-state index < -0.39 is 11.4 Å². The van der Waals surface area contributed by atoms with E-state index in [9.17, 15) is 4.21 Å². The summed E-state index contributed by atoms with van der Waals surface area (Å²) in [5.74, 6) is -0.284. The van der Waals surface area contributed by atoms with Gasteiger partial charge in [0.1, 0.15) is 15.8 Å². The fourth-order valence-electron chi connectivity index (χ4n) is 0.663. The Morgan fingerprint density at radius 2 is 1.92 bits per heavy atom. The molecule has 2 N–H and O–H groups in total. The third-order valence-corrected chi connectivity index (χ3v) is 2.36. The number of benzene rings is 1. The van der Waals surface area contributed by atoms with E-state index >= 15 is 0 Å². The third kappa shape index (κ3) is 2.47. The third-order valence-electron chi connectivity index (χ3n) is 1.19. The Kier molecular flexibility index (Phi) is 3.38. The predicted molar refractivity (Wildman–Crippen MR) is 49.5 cm³/mol. The van der Waals surface area contributed by atoms with Gasteiger partial charge in [-0.2, -0.15) is 4.21 Å². The van der Waals surface area contributed by atoms with E-state index in [1.54, 1.807) is 0 Å². The largest absolute Gasteiger partial charge is 0.506 e. The minimum atomic E-state index is -2.47. The van der Waals surface area contributed by atoms with Crippen LogP contribution < -0.4 is 4.18 Å². The molecule has 1 unspecified atom stereocenters. The molecule has 1 atom stereocenters. The van der Waals surface area contributed by atoms with Crippen molar-refractivity contribution in [2.24, 2.45) is 0 Å². The van der Waals surface area contributed by atoms with Crippen molar-refractivity contribution in [2.75, 3.05) is 0 Å². The summed E-state index contributed by atoms with van der Waals surface area (Å²) in [6.07, 6.45) is 0. The lowest BCUT2D eigenvalue weighted by atomic mass is 10.3. The van der Waals surface area contributed by atoms with E-state index in [0.717, 1.165) is 0 Å². The standard InChI is InChI=1S/C6H4Cl2O4S/c7-5-3(9)1-2-4(6(5)8)12-13(10)11/h1-2,9H,(H,10,11). The van der Waals surface area contributed by atoms with Gasteiger partial charge in [-0.25, -0.2) is 0 Å². The fraction of sp³-hybridized carbons (Fsp3) is 0. The van der Waals surface area contributed by atoms with E-state index in [-0.39, 0.29) is 21.5 Å². The zero-order valence-corrected chi connectivity index (χ0v) is 8.36. The molecule has 0 amide bonds. The maximum Gasteiger partial charge on any atom is 0.357 e. The van der Waals surface area contributed by atoms with E-state index in [4.69, 9.17) is 32.9 Å². The summed E-state index contributed by atoms with van der Waals surface area (Å²) >= 11 is 8.64. The Labute approximate surface area is 86.5 Å². The number of halogens is 2. The predicted octanol–water partition coefficient (Wildman–Crippen LogP) is 2.21. The van der Waals surface area contributed by atoms with Crippen molar-refractivity contribution in [3.63, 3.8) is 0 Å². The molecule has 13 heavy (non-hydrogen) atoms. The van der Waals surface area contributed by atoms with Crippen LogP contribution in [0.3, 0.4) is 0 Å². The Morgan fingerprint density at radius 1 is 1.31 bits per heavy atom. The summed E-state index contributed by atoms with van der Waals surface area (Å²) in [6.45, 7) is 0. The second-order valence-corrected chi connectivity index (χ2v) is 3.37. The van der Waals surface area contributed by atoms with Crippen LogP contribution in [0.25, 0.3) is 0 Å². The van der Waals surface area contributed by atoms with Crippen molar-refractivity contribution in [3.05, 3.63) is 22.2 Å². The number of hydrogen-bond donors (Lipinski definition) is 2. The average Bonchev–Trinajstić information content (AvgIpc) is 2.06. The van der Waals surface area contributed by atoms with Gasteiger partial charge in [-0.15, -0.1) is 0 Å². The van der Waals surface area contributed by atoms with Gasteiger partial charge in [0.2, 0.25) is 0 Å². The van der Waals surface area contributed by atoms with E-state index in [0.29, 0.717) is 0 Å². The van der Waals surface area contributed by atoms with Crippen LogP contribution in [0.2, 0.25) is 10.0 Å². The lowest BCUT2D eigenvalue weighted by Gasteiger charge is -2.04. The van der Waals surface area contributed by atoms with Crippen molar-refractivity contribution in [2.45, 2.75) is 0 Å². The molecule has 0 aliphatic heterocycles. The first-order valence-electron chi connectivity index (χ1n) is 2.98. The van der Waals surface area contributed by atoms with E-state index in [1.807, 2.05) is 0 Å². The van der Waals surface area contributed by atoms with Crippen molar-refractivity contribution < 1.29 is 18.1 Å². The molecule has 0 aliphatic rings. The Balaban J connectivity index is 3.10. The van der Waals surface area contributed by atoms with Crippen molar-refractivity contribution in [1.82, 2.24) is 0 Å². The first-order valence-corrected chi connectivity index (χ1v) is 4.77. The number of phenols is 1. The van der Waals surface area contributed by atoms with Crippen molar-refractivity contribution >= 4 is 34.6 Å². The van der Waals surface area contributed by atoms with Crippen LogP contribution in [0.15, 0.2) is 12.1 Å². The molecule has 0 fully saturated rings. The smallest absolute Gasteiger partial charge is 0.357 e. The summed E-state index contributed by atoms with van der Waals surface area (Å²) in [5.41, 5.74) is 0. The second-order valence-electron chi connectivity index (χ2n) is 2.01.